The van der Waals surface area contributed by atoms with E-state index in [1.807, 2.05) is 6.07 Å². The number of nitrogens with one attached hydrogen (secondary N) is 2. The average Bonchev–Trinajstić information content (AvgIpc) is 2.95. The van der Waals surface area contributed by atoms with Crippen LogP contribution >= 0.6 is 0 Å². The lowest BCUT2D eigenvalue weighted by molar-refractivity contribution is 0.262. The summed E-state index contributed by atoms with van der Waals surface area (Å²) in [5.41, 5.74) is 6.86. The fraction of sp³-hybridized carbons (Fsp3) is 0. The first kappa shape index (κ1) is 17.4. The van der Waals surface area contributed by atoms with E-state index in [1.54, 1.807) is 24.3 Å². The highest BCUT2D eigenvalue weighted by atomic mass is 32.2. The molecule has 6 N–H and O–H groups in total. The summed E-state index contributed by atoms with van der Waals surface area (Å²) >= 11 is 0. The maximum absolute atomic E-state index is 12.0. The summed E-state index contributed by atoms with van der Waals surface area (Å²) in [6, 6.07) is 13.9. The molecule has 0 saturated carbocycles. The number of sulfonamides is 1. The number of nitrogen functional groups attached to an aromatic ring is 1. The van der Waals surface area contributed by atoms with Crippen LogP contribution in [-0.4, -0.2) is 29.2 Å². The van der Waals surface area contributed by atoms with E-state index in [-0.39, 0.29) is 16.8 Å². The number of nitrogens with zero attached hydrogens (tertiary/aromatic N) is 3. The third kappa shape index (κ3) is 3.96. The van der Waals surface area contributed by atoms with E-state index in [0.717, 1.165) is 0 Å². The third-order valence-electron chi connectivity index (χ3n) is 3.30. The molecule has 0 aliphatic carbocycles. The highest BCUT2D eigenvalue weighted by Crippen LogP contribution is 2.16. The van der Waals surface area contributed by atoms with Gasteiger partial charge < -0.3 is 11.1 Å². The number of carbonyl (C=O) groups is 1. The van der Waals surface area contributed by atoms with E-state index >= 15 is 0 Å². The van der Waals surface area contributed by atoms with Crippen LogP contribution < -0.4 is 21.5 Å². The van der Waals surface area contributed by atoms with Crippen molar-refractivity contribution < 1.29 is 13.2 Å². The number of para-hydroxylation sites is 1. The molecule has 1 heterocycles. The smallest absolute Gasteiger partial charge is 0.326 e. The Morgan fingerprint density at radius 1 is 1.00 bits per heavy atom. The molecule has 0 aliphatic rings. The van der Waals surface area contributed by atoms with Crippen molar-refractivity contribution in [3.8, 4) is 5.69 Å². The molecule has 2 aromatic carbocycles. The number of hydrogen-bond acceptors (Lipinski definition) is 6. The zero-order valence-corrected chi connectivity index (χ0v) is 14.1. The Morgan fingerprint density at radius 2 is 1.65 bits per heavy atom. The molecular formula is C15H15N7O3S. The van der Waals surface area contributed by atoms with Gasteiger partial charge >= 0.3 is 6.03 Å². The Hall–Kier alpha value is -3.44. The van der Waals surface area contributed by atoms with Crippen molar-refractivity contribution in [1.29, 1.82) is 0 Å². The number of nitrogens with two attached hydrogens (primary N) is 2. The van der Waals surface area contributed by atoms with Crippen molar-refractivity contribution in [1.82, 2.24) is 14.8 Å². The molecule has 2 amide bonds. The molecule has 0 spiro atoms. The summed E-state index contributed by atoms with van der Waals surface area (Å²) in [7, 11) is -3.79. The minimum Gasteiger partial charge on any atom is -0.368 e. The largest absolute Gasteiger partial charge is 0.368 e. The fourth-order valence-electron chi connectivity index (χ4n) is 2.13. The number of hydrogen-bond donors (Lipinski definition) is 4. The normalized spacial score (nSPS) is 11.1. The van der Waals surface area contributed by atoms with Gasteiger partial charge in [-0.1, -0.05) is 18.2 Å². The van der Waals surface area contributed by atoms with Crippen molar-refractivity contribution in [3.05, 3.63) is 54.6 Å². The first-order valence-corrected chi connectivity index (χ1v) is 8.86. The molecule has 0 saturated heterocycles. The van der Waals surface area contributed by atoms with Gasteiger partial charge in [-0.15, -0.1) is 5.10 Å². The molecule has 10 nitrogen and oxygen atoms in total. The molecule has 134 valence electrons. The summed E-state index contributed by atoms with van der Waals surface area (Å²) in [4.78, 5) is 15.9. The number of primary sulfonamides is 1. The number of carbonyl (C=O) groups excluding carboxylic acids is 1. The number of urea groups is 1. The maximum Gasteiger partial charge on any atom is 0.326 e. The second-order valence-electron chi connectivity index (χ2n) is 5.19. The molecule has 3 rings (SSSR count). The van der Waals surface area contributed by atoms with Crippen molar-refractivity contribution in [2.75, 3.05) is 16.4 Å². The van der Waals surface area contributed by atoms with Gasteiger partial charge in [0, 0.05) is 5.69 Å². The van der Waals surface area contributed by atoms with E-state index in [1.165, 1.54) is 28.9 Å². The van der Waals surface area contributed by atoms with Crippen LogP contribution in [0.5, 0.6) is 0 Å². The molecule has 0 unspecified atom stereocenters. The van der Waals surface area contributed by atoms with Gasteiger partial charge in [0.25, 0.3) is 5.95 Å². The molecule has 0 radical (unpaired) electrons. The first-order chi connectivity index (χ1) is 12.3. The van der Waals surface area contributed by atoms with Gasteiger partial charge in [-0.2, -0.15) is 9.67 Å². The van der Waals surface area contributed by atoms with Crippen LogP contribution in [0.4, 0.5) is 22.4 Å². The highest BCUT2D eigenvalue weighted by Gasteiger charge is 2.13. The standard InChI is InChI=1S/C15H15N7O3S/c16-13-19-14(20-15(23)18-10-4-2-1-3-5-10)21-22(13)11-6-8-12(9-7-11)26(17,24)25/h1-9H,(H2,17,24,25)(H4,16,18,19,20,21,23). The summed E-state index contributed by atoms with van der Waals surface area (Å²) < 4.78 is 23.8. The monoisotopic (exact) mass is 373 g/mol. The third-order valence-corrected chi connectivity index (χ3v) is 4.23. The molecule has 26 heavy (non-hydrogen) atoms. The maximum atomic E-state index is 12.0. The lowest BCUT2D eigenvalue weighted by Crippen LogP contribution is -2.20. The van der Waals surface area contributed by atoms with Crippen LogP contribution in [0, 0.1) is 0 Å². The summed E-state index contributed by atoms with van der Waals surface area (Å²) in [6.07, 6.45) is 0. The number of benzene rings is 2. The zero-order valence-electron chi connectivity index (χ0n) is 13.3. The van der Waals surface area contributed by atoms with Crippen molar-refractivity contribution in [3.63, 3.8) is 0 Å². The van der Waals surface area contributed by atoms with Crippen LogP contribution in [-0.2, 0) is 10.0 Å². The molecule has 1 aromatic heterocycles. The Balaban J connectivity index is 1.76. The molecule has 3 aromatic rings. The average molecular weight is 373 g/mol. The summed E-state index contributed by atoms with van der Waals surface area (Å²) in [6.45, 7) is 0. The van der Waals surface area contributed by atoms with Gasteiger partial charge in [-0.05, 0) is 36.4 Å². The minimum absolute atomic E-state index is 0.00791. The lowest BCUT2D eigenvalue weighted by Gasteiger charge is -2.04. The van der Waals surface area contributed by atoms with Crippen LogP contribution in [0.3, 0.4) is 0 Å². The summed E-state index contributed by atoms with van der Waals surface area (Å²) in [5.74, 6) is 0.00909. The van der Waals surface area contributed by atoms with E-state index in [0.29, 0.717) is 11.4 Å². The quantitative estimate of drug-likeness (QED) is 0.537. The van der Waals surface area contributed by atoms with Crippen molar-refractivity contribution >= 4 is 33.6 Å². The second kappa shape index (κ2) is 6.82. The SMILES string of the molecule is Nc1nc(NC(=O)Nc2ccccc2)nn1-c1ccc(S(N)(=O)=O)cc1. The van der Waals surface area contributed by atoms with Gasteiger partial charge in [0.15, 0.2) is 0 Å². The molecule has 0 bridgehead atoms. The fourth-order valence-corrected chi connectivity index (χ4v) is 2.64. The second-order valence-corrected chi connectivity index (χ2v) is 6.75. The number of anilines is 3. The van der Waals surface area contributed by atoms with Gasteiger partial charge in [0.1, 0.15) is 0 Å². The predicted molar refractivity (Wildman–Crippen MR) is 96.2 cm³/mol. The van der Waals surface area contributed by atoms with Gasteiger partial charge in [-0.3, -0.25) is 5.32 Å². The van der Waals surface area contributed by atoms with Crippen molar-refractivity contribution in [2.45, 2.75) is 4.90 Å². The Bertz CT molecular complexity index is 1030. The first-order valence-electron chi connectivity index (χ1n) is 7.32. The minimum atomic E-state index is -3.79. The lowest BCUT2D eigenvalue weighted by atomic mass is 10.3. The van der Waals surface area contributed by atoms with Crippen LogP contribution in [0.15, 0.2) is 59.5 Å². The molecule has 0 aliphatic heterocycles. The van der Waals surface area contributed by atoms with Crippen LogP contribution in [0.1, 0.15) is 0 Å². The molecule has 0 atom stereocenters. The van der Waals surface area contributed by atoms with Gasteiger partial charge in [0.2, 0.25) is 16.0 Å². The number of amides is 2. The van der Waals surface area contributed by atoms with Gasteiger partial charge in [0.05, 0.1) is 10.6 Å². The molecule has 0 fully saturated rings. The van der Waals surface area contributed by atoms with E-state index < -0.39 is 16.1 Å². The Labute approximate surface area is 148 Å². The number of aromatic nitrogens is 3. The van der Waals surface area contributed by atoms with E-state index in [9.17, 15) is 13.2 Å². The van der Waals surface area contributed by atoms with E-state index in [4.69, 9.17) is 10.9 Å². The van der Waals surface area contributed by atoms with E-state index in [2.05, 4.69) is 20.7 Å². The van der Waals surface area contributed by atoms with Crippen molar-refractivity contribution in [2.24, 2.45) is 5.14 Å². The Kier molecular flexibility index (Phi) is 4.56. The summed E-state index contributed by atoms with van der Waals surface area (Å²) in [5, 5.41) is 14.2. The topological polar surface area (TPSA) is 158 Å². The van der Waals surface area contributed by atoms with Crippen LogP contribution in [0.25, 0.3) is 5.69 Å². The Morgan fingerprint density at radius 3 is 2.27 bits per heavy atom. The van der Waals surface area contributed by atoms with Gasteiger partial charge in [-0.25, -0.2) is 18.4 Å². The molecular weight excluding hydrogens is 358 g/mol. The van der Waals surface area contributed by atoms with Crippen LogP contribution in [0.2, 0.25) is 0 Å². The molecule has 11 heteroatoms. The highest BCUT2D eigenvalue weighted by molar-refractivity contribution is 7.89. The number of rotatable bonds is 4. The predicted octanol–water partition coefficient (Wildman–Crippen LogP) is 1.14. The zero-order chi connectivity index (χ0) is 18.7.